The fourth-order valence-corrected chi connectivity index (χ4v) is 4.39. The molecule has 5 heteroatoms. The van der Waals surface area contributed by atoms with Crippen LogP contribution in [0.4, 0.5) is 0 Å². The third-order valence-corrected chi connectivity index (χ3v) is 5.96. The molecule has 0 aliphatic carbocycles. The van der Waals surface area contributed by atoms with Crippen LogP contribution in [0.2, 0.25) is 0 Å². The summed E-state index contributed by atoms with van der Waals surface area (Å²) >= 11 is 5.47. The summed E-state index contributed by atoms with van der Waals surface area (Å²) in [6.07, 6.45) is 2.99. The standard InChI is InChI=1S/C18H21O3PS/c1-2-6-16-9-10-18-17(13-16)14-20-22(23,21-18)19-12-11-15-7-4-3-5-8-15/h3-5,7-10,13H,2,6,11-12,14H2,1H3. The van der Waals surface area contributed by atoms with Gasteiger partial charge in [0, 0.05) is 17.4 Å². The molecule has 23 heavy (non-hydrogen) atoms. The summed E-state index contributed by atoms with van der Waals surface area (Å²) in [5.74, 6) is 0.805. The molecular formula is C18H21O3PS. The van der Waals surface area contributed by atoms with Gasteiger partial charge in [0.2, 0.25) is 0 Å². The van der Waals surface area contributed by atoms with Gasteiger partial charge in [0.25, 0.3) is 0 Å². The van der Waals surface area contributed by atoms with E-state index in [1.165, 1.54) is 11.1 Å². The molecule has 122 valence electrons. The summed E-state index contributed by atoms with van der Waals surface area (Å²) in [6.45, 7) is 0.466. The van der Waals surface area contributed by atoms with Crippen molar-refractivity contribution in [3.8, 4) is 5.75 Å². The lowest BCUT2D eigenvalue weighted by atomic mass is 10.1. The number of fused-ring (bicyclic) bond motifs is 1. The van der Waals surface area contributed by atoms with E-state index in [0.29, 0.717) is 13.2 Å². The van der Waals surface area contributed by atoms with Crippen LogP contribution in [-0.2, 0) is 40.3 Å². The second kappa shape index (κ2) is 7.59. The molecule has 0 aromatic heterocycles. The monoisotopic (exact) mass is 348 g/mol. The van der Waals surface area contributed by atoms with E-state index in [9.17, 15) is 0 Å². The van der Waals surface area contributed by atoms with Crippen molar-refractivity contribution in [2.75, 3.05) is 6.61 Å². The zero-order chi connectivity index (χ0) is 16.1. The highest BCUT2D eigenvalue weighted by atomic mass is 32.5. The highest BCUT2D eigenvalue weighted by molar-refractivity contribution is 8.07. The van der Waals surface area contributed by atoms with Crippen molar-refractivity contribution in [1.82, 2.24) is 0 Å². The predicted octanol–water partition coefficient (Wildman–Crippen LogP) is 5.03. The maximum atomic E-state index is 5.87. The van der Waals surface area contributed by atoms with Gasteiger partial charge in [0.15, 0.2) is 0 Å². The molecule has 1 heterocycles. The van der Waals surface area contributed by atoms with E-state index in [1.807, 2.05) is 24.3 Å². The summed E-state index contributed by atoms with van der Waals surface area (Å²) < 4.78 is 17.4. The Morgan fingerprint density at radius 3 is 2.70 bits per heavy atom. The van der Waals surface area contributed by atoms with E-state index in [2.05, 4.69) is 31.2 Å². The number of benzene rings is 2. The van der Waals surface area contributed by atoms with E-state index in [1.54, 1.807) is 0 Å². The SMILES string of the molecule is CCCc1ccc2c(c1)COP(=S)(OCCc1ccccc1)O2. The van der Waals surface area contributed by atoms with Gasteiger partial charge in [-0.05, 0) is 36.1 Å². The minimum absolute atomic E-state index is 0.468. The summed E-state index contributed by atoms with van der Waals surface area (Å²) in [6, 6.07) is 16.4. The van der Waals surface area contributed by atoms with Gasteiger partial charge in [-0.25, -0.2) is 0 Å². The third kappa shape index (κ3) is 4.42. The maximum Gasteiger partial charge on any atom is 0.380 e. The van der Waals surface area contributed by atoms with Crippen LogP contribution in [0.25, 0.3) is 0 Å². The van der Waals surface area contributed by atoms with E-state index in [0.717, 1.165) is 30.6 Å². The minimum atomic E-state index is -2.68. The van der Waals surface area contributed by atoms with Crippen LogP contribution in [0.1, 0.15) is 30.0 Å². The lowest BCUT2D eigenvalue weighted by molar-refractivity contribution is 0.180. The first-order chi connectivity index (χ1) is 11.2. The van der Waals surface area contributed by atoms with E-state index >= 15 is 0 Å². The van der Waals surface area contributed by atoms with Crippen LogP contribution in [-0.4, -0.2) is 6.61 Å². The molecule has 3 rings (SSSR count). The van der Waals surface area contributed by atoms with Gasteiger partial charge in [-0.2, -0.15) is 0 Å². The average Bonchev–Trinajstić information content (AvgIpc) is 2.56. The quantitative estimate of drug-likeness (QED) is 0.684. The van der Waals surface area contributed by atoms with Crippen molar-refractivity contribution >= 4 is 18.5 Å². The molecule has 0 fully saturated rings. The van der Waals surface area contributed by atoms with Crippen LogP contribution in [0.5, 0.6) is 5.75 Å². The molecule has 0 amide bonds. The summed E-state index contributed by atoms with van der Waals surface area (Å²) in [5, 5.41) is 0. The fraction of sp³-hybridized carbons (Fsp3) is 0.333. The Bertz CT molecular complexity index is 703. The number of rotatable bonds is 6. The molecular weight excluding hydrogens is 327 g/mol. The van der Waals surface area contributed by atoms with Crippen LogP contribution < -0.4 is 4.52 Å². The van der Waals surface area contributed by atoms with Crippen molar-refractivity contribution in [3.05, 3.63) is 65.2 Å². The molecule has 2 aromatic rings. The van der Waals surface area contributed by atoms with Gasteiger partial charge in [-0.1, -0.05) is 49.7 Å². The van der Waals surface area contributed by atoms with Crippen LogP contribution >= 0.6 is 6.72 Å². The highest BCUT2D eigenvalue weighted by Crippen LogP contribution is 2.54. The van der Waals surface area contributed by atoms with Gasteiger partial charge in [-0.3, -0.25) is 9.05 Å². The highest BCUT2D eigenvalue weighted by Gasteiger charge is 2.29. The molecule has 1 aliphatic rings. The van der Waals surface area contributed by atoms with E-state index < -0.39 is 6.72 Å². The molecule has 1 unspecified atom stereocenters. The third-order valence-electron chi connectivity index (χ3n) is 3.73. The second-order valence-corrected chi connectivity index (χ2v) is 8.51. The molecule has 0 bridgehead atoms. The molecule has 1 atom stereocenters. The number of hydrogen-bond donors (Lipinski definition) is 0. The van der Waals surface area contributed by atoms with Crippen molar-refractivity contribution in [3.63, 3.8) is 0 Å². The summed E-state index contributed by atoms with van der Waals surface area (Å²) in [5.41, 5.74) is 3.58. The Balaban J connectivity index is 1.60. The summed E-state index contributed by atoms with van der Waals surface area (Å²) in [4.78, 5) is 0. The molecule has 0 saturated heterocycles. The molecule has 0 radical (unpaired) electrons. The largest absolute Gasteiger partial charge is 0.424 e. The van der Waals surface area contributed by atoms with Crippen LogP contribution in [0.15, 0.2) is 48.5 Å². The average molecular weight is 348 g/mol. The van der Waals surface area contributed by atoms with Gasteiger partial charge in [0.05, 0.1) is 13.2 Å². The van der Waals surface area contributed by atoms with E-state index in [4.69, 9.17) is 25.4 Å². The van der Waals surface area contributed by atoms with Crippen LogP contribution in [0.3, 0.4) is 0 Å². The van der Waals surface area contributed by atoms with Gasteiger partial charge in [-0.15, -0.1) is 0 Å². The van der Waals surface area contributed by atoms with Crippen molar-refractivity contribution in [1.29, 1.82) is 0 Å². The number of aryl methyl sites for hydroxylation is 1. The van der Waals surface area contributed by atoms with Gasteiger partial charge >= 0.3 is 6.72 Å². The fourth-order valence-electron chi connectivity index (χ4n) is 2.56. The van der Waals surface area contributed by atoms with Gasteiger partial charge < -0.3 is 4.52 Å². The molecule has 0 spiro atoms. The topological polar surface area (TPSA) is 27.7 Å². The Kier molecular flexibility index (Phi) is 5.50. The first-order valence-electron chi connectivity index (χ1n) is 7.93. The molecule has 2 aromatic carbocycles. The zero-order valence-electron chi connectivity index (χ0n) is 13.2. The first kappa shape index (κ1) is 16.7. The van der Waals surface area contributed by atoms with E-state index in [-0.39, 0.29) is 0 Å². The Hall–Kier alpha value is -1.19. The normalized spacial score (nSPS) is 19.9. The lowest BCUT2D eigenvalue weighted by Crippen LogP contribution is -2.11. The van der Waals surface area contributed by atoms with Crippen molar-refractivity contribution in [2.45, 2.75) is 32.8 Å². The van der Waals surface area contributed by atoms with Crippen molar-refractivity contribution < 1.29 is 13.6 Å². The predicted molar refractivity (Wildman–Crippen MR) is 96.2 cm³/mol. The minimum Gasteiger partial charge on any atom is -0.424 e. The lowest BCUT2D eigenvalue weighted by Gasteiger charge is -2.28. The Morgan fingerprint density at radius 2 is 1.91 bits per heavy atom. The van der Waals surface area contributed by atoms with Crippen LogP contribution in [0, 0.1) is 0 Å². The maximum absolute atomic E-state index is 5.87. The Labute approximate surface area is 142 Å². The second-order valence-electron chi connectivity index (χ2n) is 5.57. The summed E-state index contributed by atoms with van der Waals surface area (Å²) in [7, 11) is 0. The first-order valence-corrected chi connectivity index (χ1v) is 10.5. The molecule has 1 aliphatic heterocycles. The Morgan fingerprint density at radius 1 is 1.09 bits per heavy atom. The van der Waals surface area contributed by atoms with Crippen molar-refractivity contribution in [2.24, 2.45) is 0 Å². The molecule has 0 saturated carbocycles. The molecule has 0 N–H and O–H groups in total. The smallest absolute Gasteiger partial charge is 0.380 e. The number of hydrogen-bond acceptors (Lipinski definition) is 4. The molecule has 3 nitrogen and oxygen atoms in total. The zero-order valence-corrected chi connectivity index (χ0v) is 14.9. The van der Waals surface area contributed by atoms with Gasteiger partial charge in [0.1, 0.15) is 5.75 Å².